The molecule has 3 aromatic rings. The van der Waals surface area contributed by atoms with Crippen LogP contribution in [-0.2, 0) is 26.3 Å². The van der Waals surface area contributed by atoms with Crippen LogP contribution in [0.15, 0.2) is 42.5 Å². The summed E-state index contributed by atoms with van der Waals surface area (Å²) < 4.78 is 42.8. The largest absolute Gasteiger partial charge is 0.490 e. The molecule has 1 aliphatic heterocycles. The highest BCUT2D eigenvalue weighted by atomic mass is 32.2. The minimum absolute atomic E-state index is 0.218. The van der Waals surface area contributed by atoms with Crippen molar-refractivity contribution >= 4 is 33.3 Å². The van der Waals surface area contributed by atoms with Gasteiger partial charge < -0.3 is 24.2 Å². The first kappa shape index (κ1) is 29.2. The number of nitrogens with zero attached hydrogens (tertiary/aromatic N) is 2. The van der Waals surface area contributed by atoms with Crippen LogP contribution >= 0.6 is 0 Å². The van der Waals surface area contributed by atoms with E-state index in [1.54, 1.807) is 12.1 Å². The summed E-state index contributed by atoms with van der Waals surface area (Å²) in [4.78, 5) is 24.0. The average Bonchev–Trinajstić information content (AvgIpc) is 3.27. The Bertz CT molecular complexity index is 1510. The van der Waals surface area contributed by atoms with E-state index in [4.69, 9.17) is 9.47 Å². The Hall–Kier alpha value is -3.25. The minimum Gasteiger partial charge on any atom is -0.490 e. The van der Waals surface area contributed by atoms with Crippen molar-refractivity contribution in [2.45, 2.75) is 50.7 Å². The lowest BCUT2D eigenvalue weighted by Gasteiger charge is -2.28. The molecule has 0 unspecified atom stereocenters. The summed E-state index contributed by atoms with van der Waals surface area (Å²) in [7, 11) is -1.05. The molecule has 2 aliphatic rings. The Labute approximate surface area is 241 Å². The van der Waals surface area contributed by atoms with Gasteiger partial charge >= 0.3 is 10.2 Å². The molecule has 1 aromatic heterocycles. The Morgan fingerprint density at radius 2 is 1.95 bits per heavy atom. The first-order valence-corrected chi connectivity index (χ1v) is 15.6. The lowest BCUT2D eigenvalue weighted by atomic mass is 9.81. The molecule has 11 heteroatoms. The molecule has 1 atom stereocenters. The maximum Gasteiger partial charge on any atom is 0.304 e. The van der Waals surface area contributed by atoms with Crippen LogP contribution < -0.4 is 14.8 Å². The summed E-state index contributed by atoms with van der Waals surface area (Å²) >= 11 is 0. The fraction of sp³-hybridized carbons (Fsp3) is 0.467. The summed E-state index contributed by atoms with van der Waals surface area (Å²) in [6, 6.07) is 13.4. The number of para-hydroxylation sites is 1. The molecule has 1 amide bonds. The number of amides is 1. The Morgan fingerprint density at radius 3 is 2.71 bits per heavy atom. The second kappa shape index (κ2) is 12.7. The molecule has 10 nitrogen and oxygen atoms in total. The van der Waals surface area contributed by atoms with Gasteiger partial charge in [0.25, 0.3) is 5.91 Å². The number of likely N-dealkylation sites (N-methyl/N-ethyl adjacent to an activating group) is 2. The van der Waals surface area contributed by atoms with Crippen LogP contribution in [0, 0.1) is 0 Å². The molecule has 1 saturated carbocycles. The van der Waals surface area contributed by atoms with Crippen molar-refractivity contribution in [1.82, 2.24) is 18.9 Å². The Balaban J connectivity index is 1.65. The van der Waals surface area contributed by atoms with Crippen molar-refractivity contribution in [3.05, 3.63) is 53.6 Å². The number of rotatable bonds is 10. The summed E-state index contributed by atoms with van der Waals surface area (Å²) in [5, 5.41) is 4.16. The zero-order chi connectivity index (χ0) is 29.0. The van der Waals surface area contributed by atoms with E-state index in [0.29, 0.717) is 38.5 Å². The molecule has 1 aliphatic carbocycles. The molecule has 0 bridgehead atoms. The van der Waals surface area contributed by atoms with Gasteiger partial charge in [-0.25, -0.2) is 4.72 Å². The van der Waals surface area contributed by atoms with Gasteiger partial charge in [0, 0.05) is 35.6 Å². The molecule has 0 saturated heterocycles. The van der Waals surface area contributed by atoms with E-state index in [2.05, 4.69) is 20.7 Å². The van der Waals surface area contributed by atoms with Crippen molar-refractivity contribution in [2.24, 2.45) is 0 Å². The van der Waals surface area contributed by atoms with E-state index in [9.17, 15) is 18.0 Å². The van der Waals surface area contributed by atoms with E-state index in [1.807, 2.05) is 31.3 Å². The standard InChI is InChI=1S/C30H38N4O6S/c1-31-14-17-39-23-19-34-26-18-22(30(36)32-41(37,38)33(2)15-16-35)12-13-24(26)28(21-8-4-3-5-9-21)29(34)25-10-6-7-11-27(25)40-20-23/h6-7,10-13,16,18,21,23,31H,3-5,8-9,14-15,17,19-20H2,1-2H3,(H,32,36)/t23-/m0/s1. The van der Waals surface area contributed by atoms with Gasteiger partial charge in [0.05, 0.1) is 25.4 Å². The van der Waals surface area contributed by atoms with E-state index in [-0.39, 0.29) is 18.2 Å². The third kappa shape index (κ3) is 6.18. The van der Waals surface area contributed by atoms with Crippen LogP contribution in [0.5, 0.6) is 5.75 Å². The third-order valence-electron chi connectivity index (χ3n) is 8.00. The molecule has 2 N–H and O–H groups in total. The molecule has 0 radical (unpaired) electrons. The smallest absolute Gasteiger partial charge is 0.304 e. The highest BCUT2D eigenvalue weighted by Gasteiger charge is 2.31. The molecule has 41 heavy (non-hydrogen) atoms. The number of aromatic nitrogens is 1. The van der Waals surface area contributed by atoms with Gasteiger partial charge in [-0.15, -0.1) is 0 Å². The number of hydrogen-bond acceptors (Lipinski definition) is 7. The minimum atomic E-state index is -4.17. The number of ether oxygens (including phenoxy) is 2. The first-order chi connectivity index (χ1) is 19.8. The summed E-state index contributed by atoms with van der Waals surface area (Å²) in [5.74, 6) is 0.393. The van der Waals surface area contributed by atoms with Crippen LogP contribution in [0.25, 0.3) is 22.2 Å². The van der Waals surface area contributed by atoms with E-state index in [0.717, 1.165) is 57.9 Å². The number of aldehydes is 1. The van der Waals surface area contributed by atoms with Gasteiger partial charge in [0.1, 0.15) is 24.7 Å². The molecule has 2 heterocycles. The fourth-order valence-electron chi connectivity index (χ4n) is 5.91. The maximum atomic E-state index is 13.2. The number of carbonyl (C=O) groups is 2. The van der Waals surface area contributed by atoms with Crippen molar-refractivity contribution in [3.63, 3.8) is 0 Å². The quantitative estimate of drug-likeness (QED) is 0.278. The van der Waals surface area contributed by atoms with Crippen LogP contribution in [0.1, 0.15) is 53.9 Å². The number of nitrogens with one attached hydrogen (secondary N) is 2. The second-order valence-electron chi connectivity index (χ2n) is 10.7. The molecule has 5 rings (SSSR count). The number of hydrogen-bond donors (Lipinski definition) is 2. The zero-order valence-electron chi connectivity index (χ0n) is 23.6. The van der Waals surface area contributed by atoms with Gasteiger partial charge in [-0.2, -0.15) is 12.7 Å². The fourth-order valence-corrected chi connectivity index (χ4v) is 6.68. The van der Waals surface area contributed by atoms with Gasteiger partial charge in [-0.05, 0) is 55.6 Å². The molecular formula is C30H38N4O6S. The predicted molar refractivity (Wildman–Crippen MR) is 157 cm³/mol. The van der Waals surface area contributed by atoms with Gasteiger partial charge in [-0.3, -0.25) is 4.79 Å². The second-order valence-corrected chi connectivity index (χ2v) is 12.5. The summed E-state index contributed by atoms with van der Waals surface area (Å²) in [6.07, 6.45) is 5.96. The van der Waals surface area contributed by atoms with Gasteiger partial charge in [0.2, 0.25) is 0 Å². The topological polar surface area (TPSA) is 119 Å². The average molecular weight is 583 g/mol. The van der Waals surface area contributed by atoms with Crippen molar-refractivity contribution < 1.29 is 27.5 Å². The lowest BCUT2D eigenvalue weighted by molar-refractivity contribution is -0.107. The van der Waals surface area contributed by atoms with Gasteiger partial charge in [-0.1, -0.05) is 37.5 Å². The predicted octanol–water partition coefficient (Wildman–Crippen LogP) is 3.46. The van der Waals surface area contributed by atoms with Crippen molar-refractivity contribution in [3.8, 4) is 17.0 Å². The number of fused-ring (bicyclic) bond motifs is 5. The van der Waals surface area contributed by atoms with E-state index >= 15 is 0 Å². The normalized spacial score (nSPS) is 17.8. The first-order valence-electron chi connectivity index (χ1n) is 14.2. The van der Waals surface area contributed by atoms with Crippen LogP contribution in [0.2, 0.25) is 0 Å². The summed E-state index contributed by atoms with van der Waals surface area (Å²) in [6.45, 7) is 1.77. The van der Waals surface area contributed by atoms with E-state index in [1.165, 1.54) is 19.0 Å². The highest BCUT2D eigenvalue weighted by Crippen LogP contribution is 2.47. The van der Waals surface area contributed by atoms with Gasteiger partial charge in [0.15, 0.2) is 0 Å². The Morgan fingerprint density at radius 1 is 1.17 bits per heavy atom. The highest BCUT2D eigenvalue weighted by molar-refractivity contribution is 7.87. The van der Waals surface area contributed by atoms with E-state index < -0.39 is 16.1 Å². The molecule has 0 spiro atoms. The van der Waals surface area contributed by atoms with Crippen LogP contribution in [0.3, 0.4) is 0 Å². The lowest BCUT2D eigenvalue weighted by Crippen LogP contribution is -2.42. The van der Waals surface area contributed by atoms with Crippen LogP contribution in [-0.4, -0.2) is 76.0 Å². The van der Waals surface area contributed by atoms with Crippen LogP contribution in [0.4, 0.5) is 0 Å². The molecular weight excluding hydrogens is 544 g/mol. The molecule has 2 aromatic carbocycles. The maximum absolute atomic E-state index is 13.2. The number of carbonyl (C=O) groups excluding carboxylic acids is 2. The Kier molecular flexibility index (Phi) is 9.08. The van der Waals surface area contributed by atoms with Crippen molar-refractivity contribution in [1.29, 1.82) is 0 Å². The zero-order valence-corrected chi connectivity index (χ0v) is 24.4. The molecule has 220 valence electrons. The SMILES string of the molecule is CNCCO[C@@H]1COc2ccccc2-c2c(C3CCCCC3)c3ccc(C(=O)NS(=O)(=O)N(C)CC=O)cc3n2C1. The molecule has 1 fully saturated rings. The van der Waals surface area contributed by atoms with Crippen molar-refractivity contribution in [2.75, 3.05) is 40.4 Å². The number of benzene rings is 2. The monoisotopic (exact) mass is 582 g/mol. The summed E-state index contributed by atoms with van der Waals surface area (Å²) in [5.41, 5.74) is 4.39. The third-order valence-corrected chi connectivity index (χ3v) is 9.41.